The molecule has 0 saturated carbocycles. The fourth-order valence-corrected chi connectivity index (χ4v) is 2.88. The van der Waals surface area contributed by atoms with Crippen molar-refractivity contribution in [3.63, 3.8) is 0 Å². The number of aromatic nitrogens is 1. The number of nitrogens with zero attached hydrogens (tertiary/aromatic N) is 1. The summed E-state index contributed by atoms with van der Waals surface area (Å²) < 4.78 is 11.5. The van der Waals surface area contributed by atoms with E-state index in [0.717, 1.165) is 11.3 Å². The van der Waals surface area contributed by atoms with Gasteiger partial charge < -0.3 is 14.5 Å². The number of carbonyl (C=O) groups excluding carboxylic acids is 1. The van der Waals surface area contributed by atoms with E-state index in [2.05, 4.69) is 10.3 Å². The van der Waals surface area contributed by atoms with E-state index in [1.54, 1.807) is 12.1 Å². The van der Waals surface area contributed by atoms with E-state index in [1.165, 1.54) is 0 Å². The van der Waals surface area contributed by atoms with Crippen LogP contribution in [0.4, 0.5) is 5.69 Å². The van der Waals surface area contributed by atoms with Crippen LogP contribution in [0.2, 0.25) is 0 Å². The van der Waals surface area contributed by atoms with Crippen LogP contribution in [0.5, 0.6) is 11.5 Å². The quantitative estimate of drug-likeness (QED) is 0.468. The van der Waals surface area contributed by atoms with Crippen molar-refractivity contribution >= 4 is 11.6 Å². The highest BCUT2D eigenvalue weighted by atomic mass is 16.5. The second-order valence-corrected chi connectivity index (χ2v) is 6.55. The van der Waals surface area contributed by atoms with Gasteiger partial charge in [-0.05, 0) is 55.5 Å². The average Bonchev–Trinajstić information content (AvgIpc) is 3.11. The molecule has 0 bridgehead atoms. The van der Waals surface area contributed by atoms with Crippen LogP contribution in [-0.2, 0) is 11.2 Å². The third kappa shape index (κ3) is 4.71. The molecule has 0 spiro atoms. The van der Waals surface area contributed by atoms with Crippen LogP contribution in [0, 0.1) is 6.92 Å². The van der Waals surface area contributed by atoms with Gasteiger partial charge in [-0.3, -0.25) is 4.79 Å². The standard InChI is InChI=1S/C24H20N2O3/c1-17-22(26-24(28-17)18-8-4-2-5-9-18)16-23(27)25-19-12-14-21(15-13-19)29-20-10-6-3-7-11-20/h2-15H,16H2,1H3,(H,25,27). The van der Waals surface area contributed by atoms with Crippen LogP contribution in [0.25, 0.3) is 11.5 Å². The van der Waals surface area contributed by atoms with Gasteiger partial charge in [-0.2, -0.15) is 0 Å². The molecule has 1 amide bonds. The first-order chi connectivity index (χ1) is 14.2. The van der Waals surface area contributed by atoms with E-state index < -0.39 is 0 Å². The van der Waals surface area contributed by atoms with Gasteiger partial charge >= 0.3 is 0 Å². The maximum absolute atomic E-state index is 12.4. The molecule has 1 heterocycles. The molecular formula is C24H20N2O3. The lowest BCUT2D eigenvalue weighted by molar-refractivity contribution is -0.115. The fourth-order valence-electron chi connectivity index (χ4n) is 2.88. The van der Waals surface area contributed by atoms with Gasteiger partial charge in [0.1, 0.15) is 17.3 Å². The Balaban J connectivity index is 1.38. The number of anilines is 1. The number of carbonyl (C=O) groups is 1. The molecule has 4 rings (SSSR count). The molecule has 5 heteroatoms. The minimum atomic E-state index is -0.155. The zero-order valence-corrected chi connectivity index (χ0v) is 16.0. The summed E-state index contributed by atoms with van der Waals surface area (Å²) in [6.45, 7) is 1.82. The SMILES string of the molecule is Cc1oc(-c2ccccc2)nc1CC(=O)Nc1ccc(Oc2ccccc2)cc1. The molecule has 0 aliphatic heterocycles. The Morgan fingerprint density at radius 3 is 2.21 bits per heavy atom. The molecule has 29 heavy (non-hydrogen) atoms. The van der Waals surface area contributed by atoms with Gasteiger partial charge in [-0.1, -0.05) is 36.4 Å². The highest BCUT2D eigenvalue weighted by molar-refractivity contribution is 5.92. The van der Waals surface area contributed by atoms with Crippen molar-refractivity contribution in [2.24, 2.45) is 0 Å². The molecule has 0 aliphatic carbocycles. The summed E-state index contributed by atoms with van der Waals surface area (Å²) in [5.74, 6) is 2.48. The number of ether oxygens (including phenoxy) is 1. The van der Waals surface area contributed by atoms with Crippen LogP contribution < -0.4 is 10.1 Å². The van der Waals surface area contributed by atoms with Crippen LogP contribution in [0.15, 0.2) is 89.3 Å². The third-order valence-electron chi connectivity index (χ3n) is 4.36. The van der Waals surface area contributed by atoms with Crippen molar-refractivity contribution in [1.82, 2.24) is 4.98 Å². The molecule has 0 radical (unpaired) electrons. The molecule has 0 unspecified atom stereocenters. The van der Waals surface area contributed by atoms with Gasteiger partial charge in [0.05, 0.1) is 12.1 Å². The summed E-state index contributed by atoms with van der Waals surface area (Å²) in [5, 5.41) is 2.88. The van der Waals surface area contributed by atoms with Crippen molar-refractivity contribution in [2.75, 3.05) is 5.32 Å². The molecule has 4 aromatic rings. The van der Waals surface area contributed by atoms with Crippen molar-refractivity contribution in [2.45, 2.75) is 13.3 Å². The van der Waals surface area contributed by atoms with Gasteiger partial charge in [0, 0.05) is 11.3 Å². The molecule has 1 N–H and O–H groups in total. The Kier molecular flexibility index (Phi) is 5.38. The highest BCUT2D eigenvalue weighted by Crippen LogP contribution is 2.24. The smallest absolute Gasteiger partial charge is 0.230 e. The lowest BCUT2D eigenvalue weighted by Gasteiger charge is -2.07. The van der Waals surface area contributed by atoms with E-state index in [1.807, 2.05) is 79.7 Å². The van der Waals surface area contributed by atoms with Gasteiger partial charge in [-0.15, -0.1) is 0 Å². The van der Waals surface area contributed by atoms with E-state index in [0.29, 0.717) is 28.8 Å². The molecular weight excluding hydrogens is 364 g/mol. The topological polar surface area (TPSA) is 64.4 Å². The summed E-state index contributed by atoms with van der Waals surface area (Å²) in [5.41, 5.74) is 2.21. The Labute approximate surface area is 169 Å². The monoisotopic (exact) mass is 384 g/mol. The van der Waals surface area contributed by atoms with Crippen LogP contribution in [0.1, 0.15) is 11.5 Å². The molecule has 1 aromatic heterocycles. The zero-order chi connectivity index (χ0) is 20.1. The molecule has 0 saturated heterocycles. The minimum absolute atomic E-state index is 0.143. The Morgan fingerprint density at radius 2 is 1.52 bits per heavy atom. The van der Waals surface area contributed by atoms with Crippen molar-refractivity contribution in [3.05, 3.63) is 96.4 Å². The Hall–Kier alpha value is -3.86. The number of aryl methyl sites for hydroxylation is 1. The molecule has 144 valence electrons. The molecule has 5 nitrogen and oxygen atoms in total. The largest absolute Gasteiger partial charge is 0.457 e. The van der Waals surface area contributed by atoms with Crippen LogP contribution in [0.3, 0.4) is 0 Å². The maximum atomic E-state index is 12.4. The number of para-hydroxylation sites is 1. The summed E-state index contributed by atoms with van der Waals surface area (Å²) in [6.07, 6.45) is 0.143. The predicted octanol–water partition coefficient (Wildman–Crippen LogP) is 5.62. The Bertz CT molecular complexity index is 1090. The second kappa shape index (κ2) is 8.44. The fraction of sp³-hybridized carbons (Fsp3) is 0.0833. The Morgan fingerprint density at radius 1 is 0.897 bits per heavy atom. The highest BCUT2D eigenvalue weighted by Gasteiger charge is 2.14. The van der Waals surface area contributed by atoms with E-state index in [4.69, 9.17) is 9.15 Å². The van der Waals surface area contributed by atoms with Crippen LogP contribution in [-0.4, -0.2) is 10.9 Å². The van der Waals surface area contributed by atoms with E-state index in [-0.39, 0.29) is 12.3 Å². The normalized spacial score (nSPS) is 10.5. The number of oxazole rings is 1. The first kappa shape index (κ1) is 18.5. The summed E-state index contributed by atoms with van der Waals surface area (Å²) in [6, 6.07) is 26.4. The minimum Gasteiger partial charge on any atom is -0.457 e. The lowest BCUT2D eigenvalue weighted by Crippen LogP contribution is -2.15. The van der Waals surface area contributed by atoms with E-state index >= 15 is 0 Å². The number of benzene rings is 3. The molecule has 0 aliphatic rings. The van der Waals surface area contributed by atoms with Crippen molar-refractivity contribution in [3.8, 4) is 23.0 Å². The van der Waals surface area contributed by atoms with Crippen molar-refractivity contribution < 1.29 is 13.9 Å². The summed E-state index contributed by atoms with van der Waals surface area (Å²) >= 11 is 0. The average molecular weight is 384 g/mol. The van der Waals surface area contributed by atoms with Gasteiger partial charge in [0.15, 0.2) is 0 Å². The maximum Gasteiger partial charge on any atom is 0.230 e. The molecule has 0 atom stereocenters. The van der Waals surface area contributed by atoms with Gasteiger partial charge in [-0.25, -0.2) is 4.98 Å². The zero-order valence-electron chi connectivity index (χ0n) is 16.0. The molecule has 3 aromatic carbocycles. The first-order valence-electron chi connectivity index (χ1n) is 9.32. The van der Waals surface area contributed by atoms with Gasteiger partial charge in [0.25, 0.3) is 0 Å². The summed E-state index contributed by atoms with van der Waals surface area (Å²) in [7, 11) is 0. The van der Waals surface area contributed by atoms with Crippen molar-refractivity contribution in [1.29, 1.82) is 0 Å². The number of amides is 1. The van der Waals surface area contributed by atoms with Gasteiger partial charge in [0.2, 0.25) is 11.8 Å². The predicted molar refractivity (Wildman–Crippen MR) is 112 cm³/mol. The second-order valence-electron chi connectivity index (χ2n) is 6.55. The molecule has 0 fully saturated rings. The lowest BCUT2D eigenvalue weighted by atomic mass is 10.2. The first-order valence-corrected chi connectivity index (χ1v) is 9.32. The number of nitrogens with one attached hydrogen (secondary N) is 1. The van der Waals surface area contributed by atoms with E-state index in [9.17, 15) is 4.79 Å². The number of hydrogen-bond acceptors (Lipinski definition) is 4. The number of rotatable bonds is 6. The number of hydrogen-bond donors (Lipinski definition) is 1. The summed E-state index contributed by atoms with van der Waals surface area (Å²) in [4.78, 5) is 16.9. The third-order valence-corrected chi connectivity index (χ3v) is 4.36. The van der Waals surface area contributed by atoms with Crippen LogP contribution >= 0.6 is 0 Å².